The molecule has 20 heavy (non-hydrogen) atoms. The van der Waals surface area contributed by atoms with E-state index < -0.39 is 15.7 Å². The average molecular weight is 319 g/mol. The summed E-state index contributed by atoms with van der Waals surface area (Å²) in [6.07, 6.45) is 2.06. The second-order valence-electron chi connectivity index (χ2n) is 4.25. The van der Waals surface area contributed by atoms with Crippen LogP contribution in [0.4, 0.5) is 4.39 Å². The first-order valence-corrected chi connectivity index (χ1v) is 8.66. The van der Waals surface area contributed by atoms with Gasteiger partial charge in [0.05, 0.1) is 12.4 Å². The van der Waals surface area contributed by atoms with E-state index in [1.807, 2.05) is 0 Å². The van der Waals surface area contributed by atoms with Crippen molar-refractivity contribution in [1.82, 2.24) is 0 Å². The van der Waals surface area contributed by atoms with Gasteiger partial charge < -0.3 is 4.74 Å². The Balaban J connectivity index is 2.60. The van der Waals surface area contributed by atoms with Gasteiger partial charge in [0.2, 0.25) is 0 Å². The van der Waals surface area contributed by atoms with Gasteiger partial charge in [0.15, 0.2) is 0 Å². The highest BCUT2D eigenvalue weighted by Gasteiger charge is 2.03. The molecule has 0 N–H and O–H groups in total. The summed E-state index contributed by atoms with van der Waals surface area (Å²) in [6.45, 7) is 0.213. The van der Waals surface area contributed by atoms with Gasteiger partial charge in [0.1, 0.15) is 21.4 Å². The Bertz CT molecular complexity index is 603. The Morgan fingerprint density at radius 2 is 2.10 bits per heavy atom. The number of hydrogen-bond acceptors (Lipinski definition) is 3. The number of hydrogen-bond donors (Lipinski definition) is 0. The summed E-state index contributed by atoms with van der Waals surface area (Å²) in [7, 11) is -3.00. The van der Waals surface area contributed by atoms with E-state index in [-0.39, 0.29) is 12.4 Å². The fourth-order valence-electron chi connectivity index (χ4n) is 1.44. The summed E-state index contributed by atoms with van der Waals surface area (Å²) in [4.78, 5) is 0. The van der Waals surface area contributed by atoms with Crippen molar-refractivity contribution >= 4 is 21.4 Å². The minimum absolute atomic E-state index is 0.0463. The quantitative estimate of drug-likeness (QED) is 0.460. The maximum Gasteiger partial charge on any atom is 0.147 e. The molecule has 0 amide bonds. The number of halogens is 2. The fourth-order valence-corrected chi connectivity index (χ4v) is 2.18. The highest BCUT2D eigenvalue weighted by Crippen LogP contribution is 2.16. The van der Waals surface area contributed by atoms with Crippen molar-refractivity contribution in [3.8, 4) is 17.6 Å². The molecule has 0 heterocycles. The molecule has 0 saturated heterocycles. The van der Waals surface area contributed by atoms with E-state index in [2.05, 4.69) is 11.8 Å². The molecule has 3 nitrogen and oxygen atoms in total. The third-order valence-corrected chi connectivity index (χ3v) is 3.47. The molecular weight excluding hydrogens is 303 g/mol. The largest absolute Gasteiger partial charge is 0.493 e. The van der Waals surface area contributed by atoms with Crippen molar-refractivity contribution in [3.63, 3.8) is 0 Å². The van der Waals surface area contributed by atoms with Gasteiger partial charge in [-0.1, -0.05) is 11.8 Å². The second kappa shape index (κ2) is 8.13. The fraction of sp³-hybridized carbons (Fsp3) is 0.429. The van der Waals surface area contributed by atoms with Gasteiger partial charge in [-0.25, -0.2) is 12.8 Å². The van der Waals surface area contributed by atoms with Crippen molar-refractivity contribution in [2.75, 3.05) is 24.5 Å². The Morgan fingerprint density at radius 1 is 1.35 bits per heavy atom. The summed E-state index contributed by atoms with van der Waals surface area (Å²) < 4.78 is 40.6. The molecule has 0 aliphatic carbocycles. The van der Waals surface area contributed by atoms with Gasteiger partial charge >= 0.3 is 0 Å². The number of rotatable bonds is 6. The minimum atomic E-state index is -3.00. The van der Waals surface area contributed by atoms with Crippen LogP contribution in [-0.4, -0.2) is 32.9 Å². The maximum atomic E-state index is 13.4. The minimum Gasteiger partial charge on any atom is -0.493 e. The van der Waals surface area contributed by atoms with Crippen LogP contribution in [0.5, 0.6) is 5.75 Å². The van der Waals surface area contributed by atoms with Crippen molar-refractivity contribution in [2.45, 2.75) is 12.8 Å². The molecule has 0 aliphatic heterocycles. The molecule has 0 unspecified atom stereocenters. The molecule has 0 aromatic heterocycles. The predicted molar refractivity (Wildman–Crippen MR) is 78.4 cm³/mol. The lowest BCUT2D eigenvalue weighted by Crippen LogP contribution is -2.08. The smallest absolute Gasteiger partial charge is 0.147 e. The monoisotopic (exact) mass is 318 g/mol. The van der Waals surface area contributed by atoms with Crippen LogP contribution in [0.25, 0.3) is 0 Å². The summed E-state index contributed by atoms with van der Waals surface area (Å²) >= 11 is 5.50. The zero-order chi connectivity index (χ0) is 15.0. The average Bonchev–Trinajstić information content (AvgIpc) is 2.33. The van der Waals surface area contributed by atoms with Crippen LogP contribution in [0.3, 0.4) is 0 Å². The number of benzene rings is 1. The van der Waals surface area contributed by atoms with Gasteiger partial charge in [-0.2, -0.15) is 0 Å². The van der Waals surface area contributed by atoms with Gasteiger partial charge in [-0.15, -0.1) is 11.6 Å². The van der Waals surface area contributed by atoms with Crippen molar-refractivity contribution in [1.29, 1.82) is 0 Å². The molecule has 1 aromatic carbocycles. The molecule has 0 saturated carbocycles. The van der Waals surface area contributed by atoms with Crippen LogP contribution in [0, 0.1) is 17.7 Å². The Labute approximate surface area is 124 Å². The second-order valence-corrected chi connectivity index (χ2v) is 6.89. The third kappa shape index (κ3) is 7.37. The molecule has 6 heteroatoms. The number of alkyl halides is 1. The lowest BCUT2D eigenvalue weighted by atomic mass is 10.2. The first-order chi connectivity index (χ1) is 9.40. The lowest BCUT2D eigenvalue weighted by Gasteiger charge is -2.06. The standard InChI is InChI=1S/C14H16ClFO3S/c1-20(17,18)8-4-7-19-14-10-12(5-2-3-6-15)9-13(16)11-14/h9-11H,3-4,6-8H2,1H3. The molecule has 0 radical (unpaired) electrons. The van der Waals surface area contributed by atoms with Crippen molar-refractivity contribution < 1.29 is 17.5 Å². The van der Waals surface area contributed by atoms with Gasteiger partial charge in [-0.05, 0) is 18.6 Å². The molecule has 0 aliphatic rings. The van der Waals surface area contributed by atoms with Crippen LogP contribution < -0.4 is 4.74 Å². The van der Waals surface area contributed by atoms with Crippen LogP contribution in [-0.2, 0) is 9.84 Å². The Hall–Kier alpha value is -1.25. The molecule has 0 spiro atoms. The van der Waals surface area contributed by atoms with Crippen molar-refractivity contribution in [2.24, 2.45) is 0 Å². The third-order valence-electron chi connectivity index (χ3n) is 2.25. The normalized spacial score (nSPS) is 10.8. The van der Waals surface area contributed by atoms with E-state index in [9.17, 15) is 12.8 Å². The van der Waals surface area contributed by atoms with E-state index in [0.717, 1.165) is 0 Å². The maximum absolute atomic E-state index is 13.4. The molecule has 1 aromatic rings. The molecule has 0 bridgehead atoms. The van der Waals surface area contributed by atoms with E-state index in [0.29, 0.717) is 30.0 Å². The number of ether oxygens (including phenoxy) is 1. The van der Waals surface area contributed by atoms with Gasteiger partial charge in [0.25, 0.3) is 0 Å². The summed E-state index contributed by atoms with van der Waals surface area (Å²) in [6, 6.07) is 4.17. The zero-order valence-corrected chi connectivity index (χ0v) is 12.7. The molecule has 1 rings (SSSR count). The first kappa shape index (κ1) is 16.8. The summed E-state index contributed by atoms with van der Waals surface area (Å²) in [5.41, 5.74) is 0.508. The van der Waals surface area contributed by atoms with Crippen molar-refractivity contribution in [3.05, 3.63) is 29.6 Å². The van der Waals surface area contributed by atoms with Crippen LogP contribution in [0.2, 0.25) is 0 Å². The zero-order valence-electron chi connectivity index (χ0n) is 11.2. The highest BCUT2D eigenvalue weighted by atomic mass is 35.5. The van der Waals surface area contributed by atoms with Crippen LogP contribution in [0.15, 0.2) is 18.2 Å². The predicted octanol–water partition coefficient (Wildman–Crippen LogP) is 2.62. The number of sulfone groups is 1. The van der Waals surface area contributed by atoms with E-state index >= 15 is 0 Å². The van der Waals surface area contributed by atoms with E-state index in [4.69, 9.17) is 16.3 Å². The summed E-state index contributed by atoms with van der Waals surface area (Å²) in [5.74, 6) is 5.97. The van der Waals surface area contributed by atoms with Gasteiger partial charge in [0, 0.05) is 30.2 Å². The molecule has 0 fully saturated rings. The Morgan fingerprint density at radius 3 is 2.75 bits per heavy atom. The lowest BCUT2D eigenvalue weighted by molar-refractivity contribution is 0.316. The first-order valence-electron chi connectivity index (χ1n) is 6.06. The Kier molecular flexibility index (Phi) is 6.83. The van der Waals surface area contributed by atoms with Crippen LogP contribution >= 0.6 is 11.6 Å². The topological polar surface area (TPSA) is 43.4 Å². The molecule has 0 atom stereocenters. The van der Waals surface area contributed by atoms with E-state index in [1.165, 1.54) is 18.4 Å². The van der Waals surface area contributed by atoms with E-state index in [1.54, 1.807) is 6.07 Å². The highest BCUT2D eigenvalue weighted by molar-refractivity contribution is 7.90. The molecule has 110 valence electrons. The van der Waals surface area contributed by atoms with Gasteiger partial charge in [-0.3, -0.25) is 0 Å². The van der Waals surface area contributed by atoms with Crippen LogP contribution in [0.1, 0.15) is 18.4 Å². The summed E-state index contributed by atoms with van der Waals surface area (Å²) in [5, 5.41) is 0. The SMILES string of the molecule is CS(=O)(=O)CCCOc1cc(F)cc(C#CCCCl)c1. The molecular formula is C14H16ClFO3S.